The lowest BCUT2D eigenvalue weighted by atomic mass is 10.1. The quantitative estimate of drug-likeness (QED) is 0.696. The van der Waals surface area contributed by atoms with Gasteiger partial charge in [-0.1, -0.05) is 0 Å². The smallest absolute Gasteiger partial charge is 0.336 e. The summed E-state index contributed by atoms with van der Waals surface area (Å²) < 4.78 is 5.09. The van der Waals surface area contributed by atoms with Crippen LogP contribution in [0.5, 0.6) is 0 Å². The second-order valence-corrected chi connectivity index (χ2v) is 4.95. The molecule has 0 aliphatic rings. The Kier molecular flexibility index (Phi) is 3.78. The van der Waals surface area contributed by atoms with Crippen LogP contribution in [0.1, 0.15) is 26.5 Å². The molecule has 0 aliphatic heterocycles. The lowest BCUT2D eigenvalue weighted by Gasteiger charge is -2.09. The number of nitrogens with zero attached hydrogens (tertiary/aromatic N) is 2. The third-order valence-corrected chi connectivity index (χ3v) is 3.32. The van der Waals surface area contributed by atoms with E-state index in [9.17, 15) is 19.5 Å². The minimum absolute atomic E-state index is 0.303. The second-order valence-electron chi connectivity index (χ2n) is 4.95. The largest absolute Gasteiger partial charge is 0.543 e. The minimum atomic E-state index is -1.60. The predicted octanol–water partition coefficient (Wildman–Crippen LogP) is 0.507. The number of carboxylic acid groups (broad SMARTS) is 1. The monoisotopic (exact) mass is 324 g/mol. The highest BCUT2D eigenvalue weighted by atomic mass is 16.4. The number of anilines is 1. The van der Waals surface area contributed by atoms with Crippen LogP contribution in [0.25, 0.3) is 11.0 Å². The molecule has 8 heteroatoms. The maximum Gasteiger partial charge on any atom is 0.336 e. The van der Waals surface area contributed by atoms with Crippen molar-refractivity contribution in [3.05, 3.63) is 64.0 Å². The number of hydrogen-bond acceptors (Lipinski definition) is 7. The van der Waals surface area contributed by atoms with Gasteiger partial charge >= 0.3 is 5.63 Å². The van der Waals surface area contributed by atoms with Gasteiger partial charge in [0.25, 0.3) is 5.91 Å². The van der Waals surface area contributed by atoms with Crippen molar-refractivity contribution in [1.82, 2.24) is 9.97 Å². The number of amides is 1. The van der Waals surface area contributed by atoms with Crippen molar-refractivity contribution in [2.45, 2.75) is 6.92 Å². The van der Waals surface area contributed by atoms with Gasteiger partial charge in [-0.2, -0.15) is 0 Å². The van der Waals surface area contributed by atoms with Gasteiger partial charge < -0.3 is 19.6 Å². The Labute approximate surface area is 134 Å². The van der Waals surface area contributed by atoms with Crippen molar-refractivity contribution in [1.29, 1.82) is 0 Å². The molecule has 120 valence electrons. The number of fused-ring (bicyclic) bond motifs is 1. The van der Waals surface area contributed by atoms with Crippen LogP contribution in [-0.4, -0.2) is 21.8 Å². The Balaban J connectivity index is 1.97. The molecule has 2 aromatic heterocycles. The van der Waals surface area contributed by atoms with Crippen molar-refractivity contribution in [3.8, 4) is 0 Å². The van der Waals surface area contributed by atoms with E-state index in [1.54, 1.807) is 19.1 Å². The van der Waals surface area contributed by atoms with E-state index >= 15 is 0 Å². The topological polar surface area (TPSA) is 125 Å². The van der Waals surface area contributed by atoms with E-state index < -0.39 is 23.2 Å². The number of aromatic nitrogens is 2. The number of rotatable bonds is 3. The van der Waals surface area contributed by atoms with E-state index in [1.807, 2.05) is 0 Å². The minimum Gasteiger partial charge on any atom is -0.543 e. The highest BCUT2D eigenvalue weighted by Crippen LogP contribution is 2.21. The molecule has 2 heterocycles. The maximum atomic E-state index is 12.2. The van der Waals surface area contributed by atoms with Gasteiger partial charge in [-0.25, -0.2) is 9.78 Å². The van der Waals surface area contributed by atoms with E-state index in [-0.39, 0.29) is 5.69 Å². The van der Waals surface area contributed by atoms with Crippen LogP contribution in [0.15, 0.2) is 45.9 Å². The Hall–Kier alpha value is -3.55. The molecule has 3 aromatic rings. The molecule has 24 heavy (non-hydrogen) atoms. The summed E-state index contributed by atoms with van der Waals surface area (Å²) in [7, 11) is 0. The molecule has 0 saturated heterocycles. The van der Waals surface area contributed by atoms with Crippen molar-refractivity contribution in [3.63, 3.8) is 0 Å². The lowest BCUT2D eigenvalue weighted by Crippen LogP contribution is -2.28. The summed E-state index contributed by atoms with van der Waals surface area (Å²) in [5.74, 6) is -2.37. The van der Waals surface area contributed by atoms with Crippen LogP contribution in [0.3, 0.4) is 0 Å². The molecule has 0 fully saturated rings. The Morgan fingerprint density at radius 2 is 1.83 bits per heavy atom. The zero-order valence-electron chi connectivity index (χ0n) is 12.4. The number of benzene rings is 1. The molecule has 0 saturated carbocycles. The van der Waals surface area contributed by atoms with Crippen molar-refractivity contribution in [2.75, 3.05) is 5.32 Å². The van der Waals surface area contributed by atoms with Gasteiger partial charge in [0.1, 0.15) is 11.3 Å². The van der Waals surface area contributed by atoms with Crippen LogP contribution in [0.2, 0.25) is 0 Å². The van der Waals surface area contributed by atoms with Gasteiger partial charge in [-0.15, -0.1) is 0 Å². The molecule has 1 aromatic carbocycles. The van der Waals surface area contributed by atoms with Gasteiger partial charge in [-0.05, 0) is 24.6 Å². The summed E-state index contributed by atoms with van der Waals surface area (Å²) in [6, 6.07) is 6.12. The number of aromatic carboxylic acids is 1. The van der Waals surface area contributed by atoms with Crippen LogP contribution in [0.4, 0.5) is 5.69 Å². The van der Waals surface area contributed by atoms with Gasteiger partial charge in [0, 0.05) is 35.6 Å². The Morgan fingerprint density at radius 3 is 2.54 bits per heavy atom. The van der Waals surface area contributed by atoms with E-state index in [1.165, 1.54) is 18.3 Å². The van der Waals surface area contributed by atoms with Crippen LogP contribution in [-0.2, 0) is 0 Å². The highest BCUT2D eigenvalue weighted by molar-refractivity contribution is 6.08. The molecular formula is C16H10N3O5-. The molecule has 0 atom stereocenters. The standard InChI is InChI=1S/C16H11N3O5/c1-8-6-12(20)24-11-7-9(2-3-10(8)11)19-15(21)13-14(16(22)23)18-5-4-17-13/h2-7H,1H3,(H,19,21)(H,22,23)/p-1. The summed E-state index contributed by atoms with van der Waals surface area (Å²) in [6.45, 7) is 1.77. The molecular weight excluding hydrogens is 314 g/mol. The number of carboxylic acids is 1. The third kappa shape index (κ3) is 2.84. The third-order valence-electron chi connectivity index (χ3n) is 3.32. The fourth-order valence-electron chi connectivity index (χ4n) is 2.25. The first-order valence-electron chi connectivity index (χ1n) is 6.84. The van der Waals surface area contributed by atoms with Gasteiger partial charge in [0.05, 0.1) is 5.97 Å². The first kappa shape index (κ1) is 15.3. The number of carbonyl (C=O) groups is 2. The zero-order chi connectivity index (χ0) is 17.3. The average molecular weight is 324 g/mol. The number of hydrogen-bond donors (Lipinski definition) is 1. The number of aryl methyl sites for hydroxylation is 1. The molecule has 0 unspecified atom stereocenters. The zero-order valence-corrected chi connectivity index (χ0v) is 12.4. The average Bonchev–Trinajstić information content (AvgIpc) is 2.54. The first-order valence-corrected chi connectivity index (χ1v) is 6.84. The maximum absolute atomic E-state index is 12.2. The molecule has 3 rings (SSSR count). The highest BCUT2D eigenvalue weighted by Gasteiger charge is 2.15. The van der Waals surface area contributed by atoms with Crippen LogP contribution < -0.4 is 16.0 Å². The van der Waals surface area contributed by atoms with Gasteiger partial charge in [0.2, 0.25) is 0 Å². The predicted molar refractivity (Wildman–Crippen MR) is 81.5 cm³/mol. The van der Waals surface area contributed by atoms with Crippen LogP contribution in [0, 0.1) is 6.92 Å². The summed E-state index contributed by atoms with van der Waals surface area (Å²) in [6.07, 6.45) is 2.35. The van der Waals surface area contributed by atoms with Crippen molar-refractivity contribution in [2.24, 2.45) is 0 Å². The fraction of sp³-hybridized carbons (Fsp3) is 0.0625. The molecule has 0 bridgehead atoms. The first-order chi connectivity index (χ1) is 11.5. The Bertz CT molecular complexity index is 1030. The lowest BCUT2D eigenvalue weighted by molar-refractivity contribution is -0.255. The normalized spacial score (nSPS) is 10.5. The van der Waals surface area contributed by atoms with Gasteiger partial charge in [-0.3, -0.25) is 9.78 Å². The fourth-order valence-corrected chi connectivity index (χ4v) is 2.25. The molecule has 0 aliphatic carbocycles. The second kappa shape index (κ2) is 5.92. The van der Waals surface area contributed by atoms with E-state index in [4.69, 9.17) is 4.42 Å². The van der Waals surface area contributed by atoms with Crippen LogP contribution >= 0.6 is 0 Å². The molecule has 0 radical (unpaired) electrons. The molecule has 8 nitrogen and oxygen atoms in total. The van der Waals surface area contributed by atoms with E-state index in [0.29, 0.717) is 11.3 Å². The number of carbonyl (C=O) groups excluding carboxylic acids is 2. The number of nitrogens with one attached hydrogen (secondary N) is 1. The SMILES string of the molecule is Cc1cc(=O)oc2cc(NC(=O)c3nccnc3C(=O)[O-])ccc12. The van der Waals surface area contributed by atoms with E-state index in [2.05, 4.69) is 15.3 Å². The molecule has 1 amide bonds. The Morgan fingerprint density at radius 1 is 1.12 bits per heavy atom. The van der Waals surface area contributed by atoms with Gasteiger partial charge in [0.15, 0.2) is 5.69 Å². The van der Waals surface area contributed by atoms with Crippen molar-refractivity contribution < 1.29 is 19.1 Å². The molecule has 1 N–H and O–H groups in total. The summed E-state index contributed by atoms with van der Waals surface area (Å²) in [4.78, 5) is 41.9. The summed E-state index contributed by atoms with van der Waals surface area (Å²) >= 11 is 0. The van der Waals surface area contributed by atoms with Crippen molar-refractivity contribution >= 4 is 28.5 Å². The van der Waals surface area contributed by atoms with E-state index in [0.717, 1.165) is 17.1 Å². The summed E-state index contributed by atoms with van der Waals surface area (Å²) in [5.41, 5.74) is -0.0707. The summed E-state index contributed by atoms with van der Waals surface area (Å²) in [5, 5.41) is 14.2. The molecule has 0 spiro atoms.